The molecule has 0 aliphatic heterocycles. The van der Waals surface area contributed by atoms with Gasteiger partial charge < -0.3 is 23.5 Å². The molecule has 0 atom stereocenters. The van der Waals surface area contributed by atoms with E-state index < -0.39 is 12.0 Å². The molecule has 5 rings (SSSR count). The molecular formula is C28H26FN3O5S. The quantitative estimate of drug-likeness (QED) is 0.191. The Morgan fingerprint density at radius 1 is 1.03 bits per heavy atom. The first-order valence-corrected chi connectivity index (χ1v) is 12.9. The minimum Gasteiger partial charge on any atom is -0.494 e. The Labute approximate surface area is 222 Å². The van der Waals surface area contributed by atoms with Gasteiger partial charge in [-0.3, -0.25) is 0 Å². The number of hydrogen-bond donors (Lipinski definition) is 0. The molecule has 196 valence electrons. The van der Waals surface area contributed by atoms with Crippen LogP contribution in [-0.2, 0) is 11.3 Å². The van der Waals surface area contributed by atoms with Crippen molar-refractivity contribution in [1.82, 2.24) is 13.3 Å². The third kappa shape index (κ3) is 4.99. The van der Waals surface area contributed by atoms with Gasteiger partial charge in [-0.05, 0) is 66.9 Å². The first-order chi connectivity index (χ1) is 18.5. The molecule has 0 aliphatic carbocycles. The standard InChI is InChI=1S/C28H26FN3O5S/c1-4-12-36-19-8-10-24-20(15-19)26(18-7-11-25(34-3)21(29)14-18)27(37-28(33)35-5-2)32(24)16-17-6-9-22-23(13-17)31-38-30-22/h6-11,13-15H,4-5,12,16H2,1-3H3. The fraction of sp³-hybridized carbons (Fsp3) is 0.250. The van der Waals surface area contributed by atoms with Crippen molar-refractivity contribution in [2.45, 2.75) is 26.8 Å². The van der Waals surface area contributed by atoms with Crippen molar-refractivity contribution in [2.75, 3.05) is 20.3 Å². The molecule has 0 N–H and O–H groups in total. The minimum absolute atomic E-state index is 0.113. The molecule has 3 aromatic carbocycles. The van der Waals surface area contributed by atoms with Crippen LogP contribution in [0.4, 0.5) is 9.18 Å². The Balaban J connectivity index is 1.74. The summed E-state index contributed by atoms with van der Waals surface area (Å²) in [5.41, 5.74) is 4.34. The van der Waals surface area contributed by atoms with Crippen molar-refractivity contribution in [3.63, 3.8) is 0 Å². The molecule has 0 aliphatic rings. The smallest absolute Gasteiger partial charge is 0.494 e. The summed E-state index contributed by atoms with van der Waals surface area (Å²) in [6.07, 6.45) is -0.00535. The maximum atomic E-state index is 14.9. The highest BCUT2D eigenvalue weighted by atomic mass is 32.1. The van der Waals surface area contributed by atoms with E-state index >= 15 is 0 Å². The van der Waals surface area contributed by atoms with Crippen LogP contribution in [0, 0.1) is 5.82 Å². The van der Waals surface area contributed by atoms with E-state index in [-0.39, 0.29) is 18.2 Å². The topological polar surface area (TPSA) is 84.7 Å². The van der Waals surface area contributed by atoms with Crippen LogP contribution >= 0.6 is 11.7 Å². The number of carbonyl (C=O) groups is 1. The minimum atomic E-state index is -0.853. The number of carbonyl (C=O) groups excluding carboxylic acids is 1. The Kier molecular flexibility index (Phi) is 7.41. The number of ether oxygens (including phenoxy) is 4. The third-order valence-electron chi connectivity index (χ3n) is 6.00. The summed E-state index contributed by atoms with van der Waals surface area (Å²) in [5.74, 6) is 0.465. The molecular weight excluding hydrogens is 509 g/mol. The van der Waals surface area contributed by atoms with Gasteiger partial charge in [-0.1, -0.05) is 19.1 Å². The Bertz CT molecular complexity index is 1610. The predicted octanol–water partition coefficient (Wildman–Crippen LogP) is 6.83. The van der Waals surface area contributed by atoms with Crippen LogP contribution in [0.5, 0.6) is 17.4 Å². The maximum Gasteiger partial charge on any atom is 0.515 e. The molecule has 0 bridgehead atoms. The predicted molar refractivity (Wildman–Crippen MR) is 144 cm³/mol. The Morgan fingerprint density at radius 2 is 1.87 bits per heavy atom. The third-order valence-corrected chi connectivity index (χ3v) is 6.56. The van der Waals surface area contributed by atoms with Crippen molar-refractivity contribution in [3.8, 4) is 28.5 Å². The molecule has 8 nitrogen and oxygen atoms in total. The highest BCUT2D eigenvalue weighted by molar-refractivity contribution is 7.00. The van der Waals surface area contributed by atoms with E-state index in [0.29, 0.717) is 30.0 Å². The van der Waals surface area contributed by atoms with Crippen LogP contribution in [0.15, 0.2) is 54.6 Å². The van der Waals surface area contributed by atoms with Crippen LogP contribution in [0.2, 0.25) is 0 Å². The van der Waals surface area contributed by atoms with E-state index in [1.807, 2.05) is 47.9 Å². The molecule has 5 aromatic rings. The highest BCUT2D eigenvalue weighted by Gasteiger charge is 2.25. The lowest BCUT2D eigenvalue weighted by Crippen LogP contribution is -2.14. The van der Waals surface area contributed by atoms with Crippen LogP contribution in [0.1, 0.15) is 25.8 Å². The van der Waals surface area contributed by atoms with E-state index in [4.69, 9.17) is 18.9 Å². The molecule has 2 aromatic heterocycles. The fourth-order valence-electron chi connectivity index (χ4n) is 4.32. The van der Waals surface area contributed by atoms with Crippen LogP contribution in [-0.4, -0.2) is 39.8 Å². The van der Waals surface area contributed by atoms with E-state index in [2.05, 4.69) is 8.75 Å². The molecule has 2 heterocycles. The summed E-state index contributed by atoms with van der Waals surface area (Å²) in [6, 6.07) is 16.1. The summed E-state index contributed by atoms with van der Waals surface area (Å²) in [7, 11) is 1.41. The molecule has 0 unspecified atom stereocenters. The first kappa shape index (κ1) is 25.5. The highest BCUT2D eigenvalue weighted by Crippen LogP contribution is 2.43. The van der Waals surface area contributed by atoms with Gasteiger partial charge >= 0.3 is 6.16 Å². The van der Waals surface area contributed by atoms with Crippen molar-refractivity contribution < 1.29 is 28.1 Å². The molecule has 38 heavy (non-hydrogen) atoms. The number of aromatic nitrogens is 3. The van der Waals surface area contributed by atoms with Gasteiger partial charge in [0.05, 0.1) is 49.7 Å². The average molecular weight is 536 g/mol. The van der Waals surface area contributed by atoms with Crippen LogP contribution < -0.4 is 14.2 Å². The average Bonchev–Trinajstić information content (AvgIpc) is 3.49. The fourth-order valence-corrected chi connectivity index (χ4v) is 4.84. The van der Waals surface area contributed by atoms with Crippen molar-refractivity contribution in [2.24, 2.45) is 0 Å². The lowest BCUT2D eigenvalue weighted by molar-refractivity contribution is 0.101. The maximum absolute atomic E-state index is 14.9. The Hall–Kier alpha value is -4.18. The number of hydrogen-bond acceptors (Lipinski definition) is 8. The van der Waals surface area contributed by atoms with Gasteiger partial charge in [0, 0.05) is 5.39 Å². The second-order valence-corrected chi connectivity index (χ2v) is 9.04. The van der Waals surface area contributed by atoms with Gasteiger partial charge in [0.1, 0.15) is 16.8 Å². The number of fused-ring (bicyclic) bond motifs is 2. The zero-order valence-electron chi connectivity index (χ0n) is 21.2. The largest absolute Gasteiger partial charge is 0.515 e. The normalized spacial score (nSPS) is 11.2. The van der Waals surface area contributed by atoms with Crippen molar-refractivity contribution in [1.29, 1.82) is 0 Å². The lowest BCUT2D eigenvalue weighted by Gasteiger charge is -2.13. The monoisotopic (exact) mass is 535 g/mol. The summed E-state index contributed by atoms with van der Waals surface area (Å²) >= 11 is 1.15. The van der Waals surface area contributed by atoms with E-state index in [9.17, 15) is 9.18 Å². The van der Waals surface area contributed by atoms with Crippen molar-refractivity contribution in [3.05, 3.63) is 66.0 Å². The summed E-state index contributed by atoms with van der Waals surface area (Å²) in [5, 5.41) is 0.735. The van der Waals surface area contributed by atoms with Gasteiger partial charge in [-0.15, -0.1) is 0 Å². The Morgan fingerprint density at radius 3 is 2.63 bits per heavy atom. The second-order valence-electron chi connectivity index (χ2n) is 8.52. The number of methoxy groups -OCH3 is 1. The van der Waals surface area contributed by atoms with Gasteiger partial charge in [0.25, 0.3) is 0 Å². The number of rotatable bonds is 9. The SMILES string of the molecule is CCCOc1ccc2c(c1)c(-c1ccc(OC)c(F)c1)c(OC(=O)OCC)n2Cc1ccc2nsnc2c1. The molecule has 0 radical (unpaired) electrons. The van der Waals surface area contributed by atoms with E-state index in [1.54, 1.807) is 19.1 Å². The van der Waals surface area contributed by atoms with Gasteiger partial charge in [-0.25, -0.2) is 9.18 Å². The molecule has 0 spiro atoms. The summed E-state index contributed by atoms with van der Waals surface area (Å²) < 4.78 is 47.3. The molecule has 0 amide bonds. The molecule has 0 saturated carbocycles. The van der Waals surface area contributed by atoms with Crippen LogP contribution in [0.3, 0.4) is 0 Å². The number of benzene rings is 3. The lowest BCUT2D eigenvalue weighted by atomic mass is 10.0. The molecule has 0 saturated heterocycles. The van der Waals surface area contributed by atoms with Gasteiger partial charge in [0.2, 0.25) is 5.88 Å². The first-order valence-electron chi connectivity index (χ1n) is 12.2. The van der Waals surface area contributed by atoms with E-state index in [1.165, 1.54) is 13.2 Å². The molecule has 0 fully saturated rings. The van der Waals surface area contributed by atoms with Crippen LogP contribution in [0.25, 0.3) is 33.1 Å². The van der Waals surface area contributed by atoms with E-state index in [0.717, 1.165) is 45.6 Å². The zero-order valence-corrected chi connectivity index (χ0v) is 22.0. The summed E-state index contributed by atoms with van der Waals surface area (Å²) in [4.78, 5) is 12.6. The second kappa shape index (κ2) is 11.1. The number of nitrogens with zero attached hydrogens (tertiary/aromatic N) is 3. The summed E-state index contributed by atoms with van der Waals surface area (Å²) in [6.45, 7) is 4.78. The molecule has 10 heteroatoms. The van der Waals surface area contributed by atoms with Gasteiger partial charge in [0.15, 0.2) is 11.6 Å². The number of halogens is 1. The zero-order chi connectivity index (χ0) is 26.6. The van der Waals surface area contributed by atoms with Gasteiger partial charge in [-0.2, -0.15) is 8.75 Å². The van der Waals surface area contributed by atoms with Crippen molar-refractivity contribution >= 4 is 39.8 Å².